The van der Waals surface area contributed by atoms with Crippen LogP contribution >= 0.6 is 0 Å². The number of tetrazole rings is 1. The molecule has 1 aliphatic carbocycles. The summed E-state index contributed by atoms with van der Waals surface area (Å²) in [6, 6.07) is 4.42. The van der Waals surface area contributed by atoms with Crippen LogP contribution in [0.4, 0.5) is 10.1 Å². The lowest BCUT2D eigenvalue weighted by Gasteiger charge is -2.05. The molecule has 1 saturated carbocycles. The van der Waals surface area contributed by atoms with E-state index in [4.69, 9.17) is 5.73 Å². The molecule has 2 N–H and O–H groups in total. The first kappa shape index (κ1) is 11.1. The first-order valence-electron chi connectivity index (χ1n) is 5.96. The summed E-state index contributed by atoms with van der Waals surface area (Å²) in [4.78, 5) is 0. The number of hydrogen-bond donors (Lipinski definition) is 1. The molecule has 94 valence electrons. The predicted octanol–water partition coefficient (Wildman–Crippen LogP) is 1.72. The zero-order chi connectivity index (χ0) is 12.7. The minimum Gasteiger partial charge on any atom is -0.399 e. The smallest absolute Gasteiger partial charge is 0.185 e. The minimum atomic E-state index is -0.357. The summed E-state index contributed by atoms with van der Waals surface area (Å²) in [5, 5.41) is 11.5. The summed E-state index contributed by atoms with van der Waals surface area (Å²) in [6.07, 6.45) is 1.18. The number of nitrogen functional groups attached to an aromatic ring is 1. The molecule has 1 aromatic carbocycles. The van der Waals surface area contributed by atoms with E-state index >= 15 is 0 Å². The summed E-state index contributed by atoms with van der Waals surface area (Å²) in [7, 11) is 0. The Morgan fingerprint density at radius 1 is 1.50 bits per heavy atom. The average Bonchev–Trinajstić information content (AvgIpc) is 2.86. The standard InChI is InChI=1S/C12H14FN5/c1-7-4-8(7)6-18-12(15-16-17-18)10-5-9(14)2-3-11(10)13/h2-3,5,7-8H,4,6,14H2,1H3. The Morgan fingerprint density at radius 2 is 2.28 bits per heavy atom. The van der Waals surface area contributed by atoms with Crippen LogP contribution in [0.1, 0.15) is 13.3 Å². The van der Waals surface area contributed by atoms with Gasteiger partial charge in [-0.3, -0.25) is 0 Å². The van der Waals surface area contributed by atoms with Crippen molar-refractivity contribution in [3.8, 4) is 11.4 Å². The van der Waals surface area contributed by atoms with Crippen LogP contribution in [0.2, 0.25) is 0 Å². The molecular formula is C12H14FN5. The van der Waals surface area contributed by atoms with E-state index in [1.807, 2.05) is 0 Å². The van der Waals surface area contributed by atoms with Gasteiger partial charge in [0.2, 0.25) is 0 Å². The third-order valence-electron chi connectivity index (χ3n) is 3.45. The third-order valence-corrected chi connectivity index (χ3v) is 3.45. The highest BCUT2D eigenvalue weighted by Gasteiger charge is 2.33. The Morgan fingerprint density at radius 3 is 3.00 bits per heavy atom. The van der Waals surface area contributed by atoms with E-state index < -0.39 is 0 Å². The van der Waals surface area contributed by atoms with Gasteiger partial charge in [-0.2, -0.15) is 0 Å². The molecule has 5 nitrogen and oxygen atoms in total. The van der Waals surface area contributed by atoms with Gasteiger partial charge < -0.3 is 5.73 Å². The largest absolute Gasteiger partial charge is 0.399 e. The maximum Gasteiger partial charge on any atom is 0.185 e. The van der Waals surface area contributed by atoms with Gasteiger partial charge in [0.25, 0.3) is 0 Å². The Bertz CT molecular complexity index is 580. The molecule has 1 heterocycles. The SMILES string of the molecule is CC1CC1Cn1nnnc1-c1cc(N)ccc1F. The van der Waals surface area contributed by atoms with Crippen LogP contribution in [0.3, 0.4) is 0 Å². The quantitative estimate of drug-likeness (QED) is 0.838. The van der Waals surface area contributed by atoms with Gasteiger partial charge in [-0.1, -0.05) is 6.92 Å². The molecule has 2 atom stereocenters. The Balaban J connectivity index is 1.96. The summed E-state index contributed by atoms with van der Waals surface area (Å²) >= 11 is 0. The number of benzene rings is 1. The van der Waals surface area contributed by atoms with Crippen LogP contribution < -0.4 is 5.73 Å². The minimum absolute atomic E-state index is 0.355. The number of anilines is 1. The van der Waals surface area contributed by atoms with E-state index in [2.05, 4.69) is 22.4 Å². The van der Waals surface area contributed by atoms with E-state index in [-0.39, 0.29) is 5.82 Å². The Hall–Kier alpha value is -1.98. The lowest BCUT2D eigenvalue weighted by Crippen LogP contribution is -2.06. The van der Waals surface area contributed by atoms with Gasteiger partial charge in [-0.05, 0) is 46.9 Å². The Labute approximate surface area is 104 Å². The van der Waals surface area contributed by atoms with Gasteiger partial charge in [-0.15, -0.1) is 5.10 Å². The summed E-state index contributed by atoms with van der Waals surface area (Å²) in [6.45, 7) is 2.92. The van der Waals surface area contributed by atoms with E-state index in [9.17, 15) is 4.39 Å². The van der Waals surface area contributed by atoms with E-state index in [0.29, 0.717) is 28.9 Å². The zero-order valence-electron chi connectivity index (χ0n) is 10.0. The monoisotopic (exact) mass is 247 g/mol. The predicted molar refractivity (Wildman–Crippen MR) is 64.9 cm³/mol. The fraction of sp³-hybridized carbons (Fsp3) is 0.417. The van der Waals surface area contributed by atoms with Crippen molar-refractivity contribution in [2.75, 3.05) is 5.73 Å². The van der Waals surface area contributed by atoms with E-state index in [1.165, 1.54) is 18.6 Å². The molecule has 0 spiro atoms. The number of rotatable bonds is 3. The Kier molecular flexibility index (Phi) is 2.50. The normalized spacial score (nSPS) is 22.1. The van der Waals surface area contributed by atoms with Crippen LogP contribution in [0, 0.1) is 17.7 Å². The number of nitrogens with zero attached hydrogens (tertiary/aromatic N) is 4. The van der Waals surface area contributed by atoms with Crippen molar-refractivity contribution in [2.45, 2.75) is 19.9 Å². The first-order chi connectivity index (χ1) is 8.65. The first-order valence-corrected chi connectivity index (χ1v) is 5.96. The highest BCUT2D eigenvalue weighted by Crippen LogP contribution is 2.39. The molecule has 6 heteroatoms. The maximum absolute atomic E-state index is 13.8. The van der Waals surface area contributed by atoms with Gasteiger partial charge in [0.05, 0.1) is 5.56 Å². The molecule has 1 aliphatic rings. The molecule has 0 amide bonds. The summed E-state index contributed by atoms with van der Waals surface area (Å²) in [5.41, 5.74) is 6.53. The lowest BCUT2D eigenvalue weighted by molar-refractivity contribution is 0.526. The lowest BCUT2D eigenvalue weighted by atomic mass is 10.1. The van der Waals surface area contributed by atoms with Crippen LogP contribution in [0.15, 0.2) is 18.2 Å². The second kappa shape index (κ2) is 4.04. The van der Waals surface area contributed by atoms with Crippen LogP contribution in [-0.2, 0) is 6.54 Å². The van der Waals surface area contributed by atoms with Crippen LogP contribution in [-0.4, -0.2) is 20.2 Å². The molecule has 0 aliphatic heterocycles. The van der Waals surface area contributed by atoms with Crippen molar-refractivity contribution in [3.63, 3.8) is 0 Å². The molecule has 3 rings (SSSR count). The second-order valence-electron chi connectivity index (χ2n) is 4.90. The maximum atomic E-state index is 13.8. The van der Waals surface area contributed by atoms with E-state index in [1.54, 1.807) is 10.7 Å². The highest BCUT2D eigenvalue weighted by atomic mass is 19.1. The average molecular weight is 247 g/mol. The van der Waals surface area contributed by atoms with Gasteiger partial charge in [0.1, 0.15) is 5.82 Å². The third kappa shape index (κ3) is 1.94. The second-order valence-corrected chi connectivity index (χ2v) is 4.90. The molecule has 18 heavy (non-hydrogen) atoms. The van der Waals surface area contributed by atoms with Gasteiger partial charge in [0, 0.05) is 12.2 Å². The topological polar surface area (TPSA) is 69.6 Å². The van der Waals surface area contributed by atoms with Gasteiger partial charge >= 0.3 is 0 Å². The molecule has 1 fully saturated rings. The molecule has 0 saturated heterocycles. The number of hydrogen-bond acceptors (Lipinski definition) is 4. The molecule has 0 radical (unpaired) electrons. The molecule has 1 aromatic heterocycles. The molecule has 2 aromatic rings. The van der Waals surface area contributed by atoms with Crippen molar-refractivity contribution in [2.24, 2.45) is 11.8 Å². The number of nitrogens with two attached hydrogens (primary N) is 1. The van der Waals surface area contributed by atoms with Crippen molar-refractivity contribution in [3.05, 3.63) is 24.0 Å². The summed E-state index contributed by atoms with van der Waals surface area (Å²) in [5.74, 6) is 1.38. The van der Waals surface area contributed by atoms with Crippen molar-refractivity contribution in [1.29, 1.82) is 0 Å². The fourth-order valence-corrected chi connectivity index (χ4v) is 2.11. The van der Waals surface area contributed by atoms with Crippen molar-refractivity contribution >= 4 is 5.69 Å². The van der Waals surface area contributed by atoms with E-state index in [0.717, 1.165) is 6.54 Å². The van der Waals surface area contributed by atoms with Crippen LogP contribution in [0.5, 0.6) is 0 Å². The number of halogens is 1. The number of aromatic nitrogens is 4. The fourth-order valence-electron chi connectivity index (χ4n) is 2.11. The van der Waals surface area contributed by atoms with Crippen molar-refractivity contribution in [1.82, 2.24) is 20.2 Å². The molecule has 0 bridgehead atoms. The molecular weight excluding hydrogens is 233 g/mol. The zero-order valence-corrected chi connectivity index (χ0v) is 10.0. The highest BCUT2D eigenvalue weighted by molar-refractivity contribution is 5.61. The van der Waals surface area contributed by atoms with Gasteiger partial charge in [-0.25, -0.2) is 9.07 Å². The molecule has 2 unspecified atom stereocenters. The van der Waals surface area contributed by atoms with Crippen molar-refractivity contribution < 1.29 is 4.39 Å². The van der Waals surface area contributed by atoms with Crippen LogP contribution in [0.25, 0.3) is 11.4 Å². The van der Waals surface area contributed by atoms with Gasteiger partial charge in [0.15, 0.2) is 5.82 Å². The summed E-state index contributed by atoms with van der Waals surface area (Å²) < 4.78 is 15.4.